The summed E-state index contributed by atoms with van der Waals surface area (Å²) in [4.78, 5) is 0. The molecule has 1 aromatic rings. The molecule has 0 aliphatic rings. The van der Waals surface area contributed by atoms with Crippen LogP contribution in [0.25, 0.3) is 0 Å². The highest BCUT2D eigenvalue weighted by Gasteiger charge is 2.07. The molecule has 2 nitrogen and oxygen atoms in total. The third-order valence-electron chi connectivity index (χ3n) is 2.42. The molecule has 0 atom stereocenters. The van der Waals surface area contributed by atoms with Crippen molar-refractivity contribution in [2.45, 2.75) is 26.2 Å². The van der Waals surface area contributed by atoms with E-state index in [1.54, 1.807) is 7.11 Å². The summed E-state index contributed by atoms with van der Waals surface area (Å²) in [7, 11) is 1.70. The van der Waals surface area contributed by atoms with Crippen LogP contribution in [-0.2, 0) is 6.42 Å². The van der Waals surface area contributed by atoms with Gasteiger partial charge in [-0.2, -0.15) is 0 Å². The first kappa shape index (κ1) is 12.3. The van der Waals surface area contributed by atoms with E-state index in [-0.39, 0.29) is 0 Å². The van der Waals surface area contributed by atoms with Gasteiger partial charge < -0.3 is 10.5 Å². The summed E-state index contributed by atoms with van der Waals surface area (Å²) in [5.74, 6) is 0.955. The molecule has 0 saturated carbocycles. The fraction of sp³-hybridized carbons (Fsp3) is 0.500. The maximum Gasteiger partial charge on any atom is 0.125 e. The lowest BCUT2D eigenvalue weighted by Crippen LogP contribution is -2.00. The highest BCUT2D eigenvalue weighted by Crippen LogP contribution is 2.28. The van der Waals surface area contributed by atoms with E-state index >= 15 is 0 Å². The lowest BCUT2D eigenvalue weighted by Gasteiger charge is -2.11. The predicted octanol–water partition coefficient (Wildman–Crippen LogP) is 2.94. The molecule has 0 aliphatic carbocycles. The summed E-state index contributed by atoms with van der Waals surface area (Å²) in [5.41, 5.74) is 7.73. The number of aryl methyl sites for hydroxylation is 2. The molecule has 0 heterocycles. The molecule has 3 heteroatoms. The van der Waals surface area contributed by atoms with E-state index in [1.165, 1.54) is 5.56 Å². The largest absolute Gasteiger partial charge is 0.496 e. The van der Waals surface area contributed by atoms with Crippen molar-refractivity contribution in [2.24, 2.45) is 5.73 Å². The fourth-order valence-corrected chi connectivity index (χ4v) is 2.03. The van der Waals surface area contributed by atoms with Crippen molar-refractivity contribution in [1.29, 1.82) is 0 Å². The van der Waals surface area contributed by atoms with Crippen LogP contribution in [0.2, 0.25) is 5.02 Å². The van der Waals surface area contributed by atoms with Crippen molar-refractivity contribution in [3.8, 4) is 5.75 Å². The summed E-state index contributed by atoms with van der Waals surface area (Å²) >= 11 is 6.01. The van der Waals surface area contributed by atoms with E-state index < -0.39 is 0 Å². The van der Waals surface area contributed by atoms with Crippen LogP contribution in [0.4, 0.5) is 0 Å². The van der Waals surface area contributed by atoms with Gasteiger partial charge in [0, 0.05) is 5.02 Å². The Morgan fingerprint density at radius 2 is 2.07 bits per heavy atom. The molecule has 0 aliphatic heterocycles. The van der Waals surface area contributed by atoms with Gasteiger partial charge in [0.25, 0.3) is 0 Å². The molecule has 15 heavy (non-hydrogen) atoms. The minimum Gasteiger partial charge on any atom is -0.496 e. The van der Waals surface area contributed by atoms with Crippen LogP contribution in [0.3, 0.4) is 0 Å². The number of unbranched alkanes of at least 4 members (excludes halogenated alkanes) is 1. The van der Waals surface area contributed by atoms with Crippen LogP contribution in [0, 0.1) is 6.92 Å². The maximum atomic E-state index is 6.01. The zero-order valence-electron chi connectivity index (χ0n) is 9.35. The molecule has 84 valence electrons. The first-order valence-electron chi connectivity index (χ1n) is 5.22. The topological polar surface area (TPSA) is 35.2 Å². The van der Waals surface area contributed by atoms with E-state index in [0.717, 1.165) is 42.1 Å². The smallest absolute Gasteiger partial charge is 0.125 e. The van der Waals surface area contributed by atoms with Gasteiger partial charge in [0.1, 0.15) is 5.75 Å². The third kappa shape index (κ3) is 3.40. The third-order valence-corrected chi connectivity index (χ3v) is 2.64. The minimum atomic E-state index is 0.738. The van der Waals surface area contributed by atoms with Crippen LogP contribution >= 0.6 is 11.6 Å². The summed E-state index contributed by atoms with van der Waals surface area (Å²) in [6.45, 7) is 2.75. The molecule has 1 rings (SSSR count). The normalized spacial score (nSPS) is 10.4. The Morgan fingerprint density at radius 3 is 2.67 bits per heavy atom. The van der Waals surface area contributed by atoms with Crippen LogP contribution < -0.4 is 10.5 Å². The molecule has 0 aromatic heterocycles. The number of ether oxygens (including phenoxy) is 1. The van der Waals surface area contributed by atoms with Gasteiger partial charge in [0.2, 0.25) is 0 Å². The van der Waals surface area contributed by atoms with E-state index in [4.69, 9.17) is 22.1 Å². The van der Waals surface area contributed by atoms with Gasteiger partial charge in [-0.05, 0) is 56.0 Å². The van der Waals surface area contributed by atoms with Crippen molar-refractivity contribution < 1.29 is 4.74 Å². The zero-order valence-corrected chi connectivity index (χ0v) is 10.1. The molecular formula is C12H18ClNO. The molecule has 0 saturated heterocycles. The number of hydrogen-bond donors (Lipinski definition) is 1. The Morgan fingerprint density at radius 1 is 1.33 bits per heavy atom. The van der Waals surface area contributed by atoms with Gasteiger partial charge in [0.05, 0.1) is 7.11 Å². The monoisotopic (exact) mass is 227 g/mol. The summed E-state index contributed by atoms with van der Waals surface area (Å²) in [5, 5.41) is 0.774. The van der Waals surface area contributed by atoms with Crippen molar-refractivity contribution in [3.63, 3.8) is 0 Å². The van der Waals surface area contributed by atoms with Crippen LogP contribution in [-0.4, -0.2) is 13.7 Å². The molecule has 2 N–H and O–H groups in total. The van der Waals surface area contributed by atoms with Gasteiger partial charge in [-0.25, -0.2) is 0 Å². The second-order valence-corrected chi connectivity index (χ2v) is 4.10. The highest BCUT2D eigenvalue weighted by molar-refractivity contribution is 6.30. The molecule has 0 fully saturated rings. The summed E-state index contributed by atoms with van der Waals surface area (Å²) in [6.07, 6.45) is 3.09. The van der Waals surface area contributed by atoms with Gasteiger partial charge in [-0.3, -0.25) is 0 Å². The number of halogens is 1. The minimum absolute atomic E-state index is 0.738. The Labute approximate surface area is 96.4 Å². The molecule has 0 bridgehead atoms. The summed E-state index contributed by atoms with van der Waals surface area (Å²) in [6, 6.07) is 3.90. The molecule has 1 aromatic carbocycles. The Balaban J connectivity index is 2.84. The van der Waals surface area contributed by atoms with Gasteiger partial charge in [0.15, 0.2) is 0 Å². The first-order valence-corrected chi connectivity index (χ1v) is 5.60. The summed E-state index contributed by atoms with van der Waals surface area (Å²) < 4.78 is 5.37. The second kappa shape index (κ2) is 5.99. The average Bonchev–Trinajstić information content (AvgIpc) is 2.17. The number of methoxy groups -OCH3 is 1. The van der Waals surface area contributed by atoms with Gasteiger partial charge >= 0.3 is 0 Å². The number of rotatable bonds is 5. The fourth-order valence-electron chi connectivity index (χ4n) is 1.74. The number of benzene rings is 1. The Bertz CT molecular complexity index is 326. The number of hydrogen-bond acceptors (Lipinski definition) is 2. The second-order valence-electron chi connectivity index (χ2n) is 3.66. The van der Waals surface area contributed by atoms with E-state index in [9.17, 15) is 0 Å². The van der Waals surface area contributed by atoms with Crippen LogP contribution in [0.15, 0.2) is 12.1 Å². The van der Waals surface area contributed by atoms with Crippen molar-refractivity contribution in [1.82, 2.24) is 0 Å². The first-order chi connectivity index (χ1) is 7.19. The number of nitrogens with two attached hydrogens (primary N) is 1. The van der Waals surface area contributed by atoms with Gasteiger partial charge in [-0.1, -0.05) is 11.6 Å². The molecule has 0 unspecified atom stereocenters. The van der Waals surface area contributed by atoms with Crippen LogP contribution in [0.5, 0.6) is 5.75 Å². The van der Waals surface area contributed by atoms with Crippen molar-refractivity contribution in [3.05, 3.63) is 28.3 Å². The van der Waals surface area contributed by atoms with E-state index in [1.807, 2.05) is 19.1 Å². The molecule has 0 spiro atoms. The SMILES string of the molecule is COc1c(C)cc(Cl)cc1CCCCN. The standard InChI is InChI=1S/C12H18ClNO/c1-9-7-11(13)8-10(12(9)15-2)5-3-4-6-14/h7-8H,3-6,14H2,1-2H3. The van der Waals surface area contributed by atoms with Gasteiger partial charge in [-0.15, -0.1) is 0 Å². The maximum absolute atomic E-state index is 6.01. The average molecular weight is 228 g/mol. The quantitative estimate of drug-likeness (QED) is 0.785. The van der Waals surface area contributed by atoms with Crippen LogP contribution in [0.1, 0.15) is 24.0 Å². The highest BCUT2D eigenvalue weighted by atomic mass is 35.5. The molecular weight excluding hydrogens is 210 g/mol. The van der Waals surface area contributed by atoms with Crippen molar-refractivity contribution >= 4 is 11.6 Å². The lowest BCUT2D eigenvalue weighted by molar-refractivity contribution is 0.406. The molecule has 0 amide bonds. The predicted molar refractivity (Wildman–Crippen MR) is 64.7 cm³/mol. The Kier molecular flexibility index (Phi) is 4.92. The van der Waals surface area contributed by atoms with Crippen molar-refractivity contribution in [2.75, 3.05) is 13.7 Å². The Hall–Kier alpha value is -0.730. The van der Waals surface area contributed by atoms with E-state index in [2.05, 4.69) is 0 Å². The lowest BCUT2D eigenvalue weighted by atomic mass is 10.0. The zero-order chi connectivity index (χ0) is 11.3. The van der Waals surface area contributed by atoms with E-state index in [0.29, 0.717) is 0 Å². The molecule has 0 radical (unpaired) electrons.